The maximum absolute atomic E-state index is 11.9. The molecule has 1 aliphatic heterocycles. The van der Waals surface area contributed by atoms with E-state index in [0.717, 1.165) is 23.7 Å². The van der Waals surface area contributed by atoms with Gasteiger partial charge in [-0.3, -0.25) is 0 Å². The molecule has 1 fully saturated rings. The second-order valence-electron chi connectivity index (χ2n) is 4.51. The smallest absolute Gasteiger partial charge is 0.340 e. The van der Waals surface area contributed by atoms with Gasteiger partial charge in [0.05, 0.1) is 23.4 Å². The lowest BCUT2D eigenvalue weighted by Gasteiger charge is -2.36. The molecule has 0 aliphatic carbocycles. The van der Waals surface area contributed by atoms with E-state index < -0.39 is 5.97 Å². The maximum Gasteiger partial charge on any atom is 0.340 e. The average molecular weight is 301 g/mol. The molecule has 104 valence electrons. The summed E-state index contributed by atoms with van der Waals surface area (Å²) in [6.07, 6.45) is 0. The molecule has 0 amide bonds. The van der Waals surface area contributed by atoms with Crippen LogP contribution in [0.4, 0.5) is 11.4 Å². The van der Waals surface area contributed by atoms with Gasteiger partial charge in [0.2, 0.25) is 0 Å². The lowest BCUT2D eigenvalue weighted by molar-refractivity contribution is 0.0601. The third kappa shape index (κ3) is 2.92. The molecule has 1 aromatic carbocycles. The fourth-order valence-corrected chi connectivity index (χ4v) is 3.59. The van der Waals surface area contributed by atoms with Gasteiger partial charge in [-0.15, -0.1) is 0 Å². The monoisotopic (exact) mass is 300 g/mol. The first-order chi connectivity index (χ1) is 9.04. The highest BCUT2D eigenvalue weighted by Crippen LogP contribution is 2.36. The highest BCUT2D eigenvalue weighted by Gasteiger charge is 2.26. The largest absolute Gasteiger partial charge is 0.465 e. The third-order valence-corrected chi connectivity index (χ3v) is 4.62. The Kier molecular flexibility index (Phi) is 4.47. The van der Waals surface area contributed by atoms with Crippen molar-refractivity contribution < 1.29 is 9.53 Å². The molecule has 0 spiro atoms. The Labute approximate surface area is 122 Å². The zero-order valence-corrected chi connectivity index (χ0v) is 12.6. The molecule has 4 nitrogen and oxygen atoms in total. The maximum atomic E-state index is 11.9. The third-order valence-electron chi connectivity index (χ3n) is 3.15. The molecule has 1 aromatic rings. The van der Waals surface area contributed by atoms with Crippen molar-refractivity contribution in [2.24, 2.45) is 0 Å². The van der Waals surface area contributed by atoms with E-state index in [1.807, 2.05) is 11.8 Å². The number of nitrogens with two attached hydrogens (primary N) is 1. The normalized spacial score (nSPS) is 19.3. The summed E-state index contributed by atoms with van der Waals surface area (Å²) in [6.45, 7) is 2.99. The van der Waals surface area contributed by atoms with Gasteiger partial charge in [-0.05, 0) is 19.1 Å². The molecule has 2 N–H and O–H groups in total. The number of rotatable bonds is 2. The summed E-state index contributed by atoms with van der Waals surface area (Å²) in [5, 5.41) is 0.499. The summed E-state index contributed by atoms with van der Waals surface area (Å²) < 4.78 is 4.83. The first-order valence-corrected chi connectivity index (χ1v) is 7.59. The van der Waals surface area contributed by atoms with Gasteiger partial charge >= 0.3 is 5.97 Å². The van der Waals surface area contributed by atoms with Crippen molar-refractivity contribution in [1.82, 2.24) is 0 Å². The molecule has 6 heteroatoms. The molecule has 0 bridgehead atoms. The standard InChI is InChI=1S/C13H17ClN2O2S/c1-8-7-19-4-3-16(8)12-10(13(17)18-2)5-9(15)6-11(12)14/h5-6,8H,3-4,7,15H2,1-2H3. The van der Waals surface area contributed by atoms with E-state index >= 15 is 0 Å². The number of nitrogen functional groups attached to an aromatic ring is 1. The number of carbonyl (C=O) groups excluding carboxylic acids is 1. The van der Waals surface area contributed by atoms with Crippen molar-refractivity contribution in [2.75, 3.05) is 35.8 Å². The van der Waals surface area contributed by atoms with Crippen LogP contribution in [0.2, 0.25) is 5.02 Å². The second-order valence-corrected chi connectivity index (χ2v) is 6.06. The number of ether oxygens (including phenoxy) is 1. The van der Waals surface area contributed by atoms with Gasteiger partial charge < -0.3 is 15.4 Å². The number of hydrogen-bond acceptors (Lipinski definition) is 5. The van der Waals surface area contributed by atoms with Gasteiger partial charge in [-0.2, -0.15) is 11.8 Å². The Morgan fingerprint density at radius 2 is 2.32 bits per heavy atom. The predicted molar refractivity (Wildman–Crippen MR) is 81.3 cm³/mol. The SMILES string of the molecule is COC(=O)c1cc(N)cc(Cl)c1N1CCSCC1C. The summed E-state index contributed by atoms with van der Waals surface area (Å²) >= 11 is 8.20. The fraction of sp³-hybridized carbons (Fsp3) is 0.462. The van der Waals surface area contributed by atoms with E-state index in [1.165, 1.54) is 7.11 Å². The van der Waals surface area contributed by atoms with E-state index in [2.05, 4.69) is 11.8 Å². The topological polar surface area (TPSA) is 55.6 Å². The molecule has 0 saturated carbocycles. The van der Waals surface area contributed by atoms with Gasteiger partial charge in [0.15, 0.2) is 0 Å². The first kappa shape index (κ1) is 14.3. The Balaban J connectivity index is 2.50. The number of thioether (sulfide) groups is 1. The number of esters is 1. The minimum Gasteiger partial charge on any atom is -0.465 e. The molecule has 0 aromatic heterocycles. The Morgan fingerprint density at radius 1 is 1.58 bits per heavy atom. The summed E-state index contributed by atoms with van der Waals surface area (Å²) in [7, 11) is 1.36. The van der Waals surface area contributed by atoms with Gasteiger partial charge in [-0.1, -0.05) is 11.6 Å². The van der Waals surface area contributed by atoms with Crippen molar-refractivity contribution in [3.63, 3.8) is 0 Å². The number of nitrogens with zero attached hydrogens (tertiary/aromatic N) is 1. The van der Waals surface area contributed by atoms with E-state index in [-0.39, 0.29) is 0 Å². The van der Waals surface area contributed by atoms with Crippen LogP contribution >= 0.6 is 23.4 Å². The number of anilines is 2. The van der Waals surface area contributed by atoms with E-state index in [0.29, 0.717) is 22.3 Å². The average Bonchev–Trinajstić information content (AvgIpc) is 2.38. The van der Waals surface area contributed by atoms with E-state index in [4.69, 9.17) is 22.1 Å². The number of benzene rings is 1. The molecule has 1 heterocycles. The summed E-state index contributed by atoms with van der Waals surface area (Å²) in [4.78, 5) is 14.1. The van der Waals surface area contributed by atoms with Crippen LogP contribution in [0.3, 0.4) is 0 Å². The van der Waals surface area contributed by atoms with Crippen molar-refractivity contribution in [3.05, 3.63) is 22.7 Å². The second kappa shape index (κ2) is 5.92. The molecule has 0 radical (unpaired) electrons. The predicted octanol–water partition coefficient (Wildman–Crippen LogP) is 2.65. The van der Waals surface area contributed by atoms with Crippen LogP contribution in [0.5, 0.6) is 0 Å². The summed E-state index contributed by atoms with van der Waals surface area (Å²) in [6, 6.07) is 3.63. The van der Waals surface area contributed by atoms with Crippen LogP contribution in [0, 0.1) is 0 Å². The van der Waals surface area contributed by atoms with Gasteiger partial charge in [0, 0.05) is 29.8 Å². The molecule has 2 rings (SSSR count). The van der Waals surface area contributed by atoms with Crippen LogP contribution in [0.1, 0.15) is 17.3 Å². The Bertz CT molecular complexity index is 496. The van der Waals surface area contributed by atoms with Crippen LogP contribution in [-0.2, 0) is 4.74 Å². The highest BCUT2D eigenvalue weighted by atomic mass is 35.5. The van der Waals surface area contributed by atoms with E-state index in [9.17, 15) is 4.79 Å². The van der Waals surface area contributed by atoms with Gasteiger partial charge in [0.1, 0.15) is 0 Å². The molecule has 1 saturated heterocycles. The number of carbonyl (C=O) groups is 1. The molecule has 1 atom stereocenters. The minimum atomic E-state index is -0.408. The van der Waals surface area contributed by atoms with Crippen LogP contribution in [-0.4, -0.2) is 37.2 Å². The molecule has 1 aliphatic rings. The van der Waals surface area contributed by atoms with Gasteiger partial charge in [0.25, 0.3) is 0 Å². The van der Waals surface area contributed by atoms with Gasteiger partial charge in [-0.25, -0.2) is 4.79 Å². The molecular weight excluding hydrogens is 284 g/mol. The summed E-state index contributed by atoms with van der Waals surface area (Å²) in [5.74, 6) is 1.63. The molecule has 19 heavy (non-hydrogen) atoms. The van der Waals surface area contributed by atoms with Crippen molar-refractivity contribution >= 4 is 40.7 Å². The zero-order valence-electron chi connectivity index (χ0n) is 11.0. The van der Waals surface area contributed by atoms with E-state index in [1.54, 1.807) is 12.1 Å². The first-order valence-electron chi connectivity index (χ1n) is 6.06. The zero-order chi connectivity index (χ0) is 14.0. The Hall–Kier alpha value is -1.07. The number of methoxy groups -OCH3 is 1. The summed E-state index contributed by atoms with van der Waals surface area (Å²) in [5.41, 5.74) is 7.40. The highest BCUT2D eigenvalue weighted by molar-refractivity contribution is 7.99. The quantitative estimate of drug-likeness (QED) is 0.672. The lowest BCUT2D eigenvalue weighted by Crippen LogP contribution is -2.41. The van der Waals surface area contributed by atoms with Crippen molar-refractivity contribution in [1.29, 1.82) is 0 Å². The van der Waals surface area contributed by atoms with Crippen LogP contribution < -0.4 is 10.6 Å². The Morgan fingerprint density at radius 3 is 2.95 bits per heavy atom. The van der Waals surface area contributed by atoms with Crippen LogP contribution in [0.15, 0.2) is 12.1 Å². The van der Waals surface area contributed by atoms with Crippen molar-refractivity contribution in [3.8, 4) is 0 Å². The van der Waals surface area contributed by atoms with Crippen LogP contribution in [0.25, 0.3) is 0 Å². The van der Waals surface area contributed by atoms with Crippen molar-refractivity contribution in [2.45, 2.75) is 13.0 Å². The fourth-order valence-electron chi connectivity index (χ4n) is 2.24. The molecular formula is C13H17ClN2O2S. The number of hydrogen-bond donors (Lipinski definition) is 1. The number of halogens is 1. The minimum absolute atomic E-state index is 0.322. The lowest BCUT2D eigenvalue weighted by atomic mass is 10.1. The molecule has 1 unspecified atom stereocenters.